The van der Waals surface area contributed by atoms with Crippen molar-refractivity contribution in [3.05, 3.63) is 90.0 Å². The minimum Gasteiger partial charge on any atom is -0.358 e. The van der Waals surface area contributed by atoms with Gasteiger partial charge in [-0.15, -0.1) is 0 Å². The van der Waals surface area contributed by atoms with Crippen LogP contribution in [0.15, 0.2) is 78.9 Å². The lowest BCUT2D eigenvalue weighted by Gasteiger charge is -2.22. The third-order valence-corrected chi connectivity index (χ3v) is 6.52. The van der Waals surface area contributed by atoms with Crippen molar-refractivity contribution in [2.45, 2.75) is 0 Å². The van der Waals surface area contributed by atoms with E-state index in [1.807, 2.05) is 54.6 Å². The Bertz CT molecular complexity index is 1370. The quantitative estimate of drug-likeness (QED) is 0.454. The minimum atomic E-state index is -3.67. The van der Waals surface area contributed by atoms with Crippen LogP contribution in [0.1, 0.15) is 11.1 Å². The molecule has 4 rings (SSSR count). The molecular formula is C25H24N4O4S. The fourth-order valence-corrected chi connectivity index (χ4v) is 4.57. The van der Waals surface area contributed by atoms with Crippen molar-refractivity contribution in [2.75, 3.05) is 34.8 Å². The van der Waals surface area contributed by atoms with E-state index in [0.29, 0.717) is 22.6 Å². The molecule has 3 aromatic carbocycles. The molecule has 174 valence electrons. The van der Waals surface area contributed by atoms with Crippen molar-refractivity contribution in [3.8, 4) is 0 Å². The van der Waals surface area contributed by atoms with Gasteiger partial charge in [-0.1, -0.05) is 48.5 Å². The maximum absolute atomic E-state index is 12.9. The Kier molecular flexibility index (Phi) is 6.38. The SMILES string of the molecule is CNC(=O)CN(c1ccc(NC(=C2C(=O)Nc3ccccc32)c2ccccc2)cc1)S(C)(=O)=O. The number of benzene rings is 3. The zero-order valence-electron chi connectivity index (χ0n) is 18.7. The average Bonchev–Trinajstić information content (AvgIpc) is 3.16. The van der Waals surface area contributed by atoms with E-state index in [1.165, 1.54) is 7.05 Å². The lowest BCUT2D eigenvalue weighted by atomic mass is 10.00. The van der Waals surface area contributed by atoms with Crippen LogP contribution in [0.4, 0.5) is 17.1 Å². The Morgan fingerprint density at radius 1 is 0.941 bits per heavy atom. The van der Waals surface area contributed by atoms with E-state index in [1.54, 1.807) is 24.3 Å². The number of hydrogen-bond donors (Lipinski definition) is 3. The van der Waals surface area contributed by atoms with Gasteiger partial charge in [-0.2, -0.15) is 0 Å². The Hall–Kier alpha value is -4.11. The first-order valence-electron chi connectivity index (χ1n) is 10.5. The number of nitrogens with zero attached hydrogens (tertiary/aromatic N) is 1. The largest absolute Gasteiger partial charge is 0.358 e. The van der Waals surface area contributed by atoms with Gasteiger partial charge in [0.25, 0.3) is 5.91 Å². The molecule has 9 heteroatoms. The number of nitrogens with one attached hydrogen (secondary N) is 3. The second-order valence-electron chi connectivity index (χ2n) is 7.73. The summed E-state index contributed by atoms with van der Waals surface area (Å²) in [5, 5.41) is 8.67. The molecule has 1 heterocycles. The first-order chi connectivity index (χ1) is 16.3. The first-order valence-corrected chi connectivity index (χ1v) is 12.4. The second kappa shape index (κ2) is 9.40. The third kappa shape index (κ3) is 4.79. The van der Waals surface area contributed by atoms with Crippen LogP contribution in [0.25, 0.3) is 11.3 Å². The van der Waals surface area contributed by atoms with Crippen LogP contribution in [-0.2, 0) is 19.6 Å². The topological polar surface area (TPSA) is 108 Å². The normalized spacial score (nSPS) is 14.1. The van der Waals surface area contributed by atoms with Gasteiger partial charge in [0, 0.05) is 24.0 Å². The molecule has 3 N–H and O–H groups in total. The second-order valence-corrected chi connectivity index (χ2v) is 9.64. The predicted molar refractivity (Wildman–Crippen MR) is 135 cm³/mol. The van der Waals surface area contributed by atoms with Crippen LogP contribution in [0.3, 0.4) is 0 Å². The molecule has 34 heavy (non-hydrogen) atoms. The zero-order valence-corrected chi connectivity index (χ0v) is 19.5. The van der Waals surface area contributed by atoms with E-state index in [0.717, 1.165) is 27.4 Å². The number of carbonyl (C=O) groups is 2. The van der Waals surface area contributed by atoms with E-state index in [9.17, 15) is 18.0 Å². The molecule has 0 spiro atoms. The molecule has 1 aliphatic rings. The summed E-state index contributed by atoms with van der Waals surface area (Å²) in [6.45, 7) is -0.321. The van der Waals surface area contributed by atoms with E-state index < -0.39 is 15.9 Å². The molecule has 0 aliphatic carbocycles. The standard InChI is InChI=1S/C25H24N4O4S/c1-26-22(30)16-29(34(2,32)33)19-14-12-18(13-15-19)27-24(17-8-4-3-5-9-17)23-20-10-6-7-11-21(20)28-25(23)31/h3-15,27H,16H2,1-2H3,(H,26,30)(H,28,31). The van der Waals surface area contributed by atoms with Gasteiger partial charge >= 0.3 is 0 Å². The summed E-state index contributed by atoms with van der Waals surface area (Å²) >= 11 is 0. The summed E-state index contributed by atoms with van der Waals surface area (Å²) in [4.78, 5) is 24.7. The van der Waals surface area contributed by atoms with E-state index in [-0.39, 0.29) is 12.5 Å². The zero-order chi connectivity index (χ0) is 24.3. The van der Waals surface area contributed by atoms with Crippen molar-refractivity contribution in [1.29, 1.82) is 0 Å². The number of amides is 2. The van der Waals surface area contributed by atoms with Crippen molar-refractivity contribution < 1.29 is 18.0 Å². The highest BCUT2D eigenvalue weighted by molar-refractivity contribution is 7.92. The van der Waals surface area contributed by atoms with Gasteiger partial charge in [0.15, 0.2) is 0 Å². The average molecular weight is 477 g/mol. The fourth-order valence-electron chi connectivity index (χ4n) is 3.71. The molecule has 1 aliphatic heterocycles. The molecule has 3 aromatic rings. The highest BCUT2D eigenvalue weighted by Gasteiger charge is 2.28. The number of hydrogen-bond acceptors (Lipinski definition) is 5. The van der Waals surface area contributed by atoms with E-state index >= 15 is 0 Å². The lowest BCUT2D eigenvalue weighted by Crippen LogP contribution is -2.39. The molecule has 0 aromatic heterocycles. The van der Waals surface area contributed by atoms with Gasteiger partial charge in [0.1, 0.15) is 6.54 Å². The summed E-state index contributed by atoms with van der Waals surface area (Å²) in [5.41, 5.74) is 4.51. The number of sulfonamides is 1. The minimum absolute atomic E-state index is 0.210. The Morgan fingerprint density at radius 3 is 2.24 bits per heavy atom. The summed E-state index contributed by atoms with van der Waals surface area (Å²) in [5.74, 6) is -0.632. The van der Waals surface area contributed by atoms with Crippen molar-refractivity contribution in [2.24, 2.45) is 0 Å². The Morgan fingerprint density at radius 2 is 1.59 bits per heavy atom. The number of para-hydroxylation sites is 1. The van der Waals surface area contributed by atoms with Crippen molar-refractivity contribution in [1.82, 2.24) is 5.32 Å². The molecule has 8 nitrogen and oxygen atoms in total. The van der Waals surface area contributed by atoms with Crippen molar-refractivity contribution in [3.63, 3.8) is 0 Å². The van der Waals surface area contributed by atoms with Crippen LogP contribution < -0.4 is 20.3 Å². The van der Waals surface area contributed by atoms with Gasteiger partial charge in [0.2, 0.25) is 15.9 Å². The van der Waals surface area contributed by atoms with Crippen LogP contribution in [0.5, 0.6) is 0 Å². The fraction of sp³-hybridized carbons (Fsp3) is 0.120. The molecule has 0 radical (unpaired) electrons. The summed E-state index contributed by atoms with van der Waals surface area (Å²) in [6, 6.07) is 23.6. The van der Waals surface area contributed by atoms with Gasteiger partial charge in [-0.3, -0.25) is 13.9 Å². The molecule has 0 bridgehead atoms. The summed E-state index contributed by atoms with van der Waals surface area (Å²) < 4.78 is 25.5. The monoisotopic (exact) mass is 476 g/mol. The number of rotatable bonds is 7. The molecule has 2 amide bonds. The van der Waals surface area contributed by atoms with E-state index in [4.69, 9.17) is 0 Å². The van der Waals surface area contributed by atoms with Crippen LogP contribution in [-0.4, -0.2) is 40.1 Å². The Balaban J connectivity index is 1.73. The molecule has 0 atom stereocenters. The van der Waals surface area contributed by atoms with Gasteiger partial charge in [-0.25, -0.2) is 8.42 Å². The van der Waals surface area contributed by atoms with Gasteiger partial charge in [-0.05, 0) is 35.9 Å². The molecule has 0 saturated carbocycles. The number of fused-ring (bicyclic) bond motifs is 1. The smallest absolute Gasteiger partial charge is 0.258 e. The molecule has 0 unspecified atom stereocenters. The summed E-state index contributed by atoms with van der Waals surface area (Å²) in [6.07, 6.45) is 1.05. The number of carbonyl (C=O) groups excluding carboxylic acids is 2. The lowest BCUT2D eigenvalue weighted by molar-refractivity contribution is -0.119. The summed E-state index contributed by atoms with van der Waals surface area (Å²) in [7, 11) is -2.22. The number of anilines is 3. The Labute approximate surface area is 198 Å². The molecule has 0 saturated heterocycles. The predicted octanol–water partition coefficient (Wildman–Crippen LogP) is 3.13. The van der Waals surface area contributed by atoms with Crippen LogP contribution >= 0.6 is 0 Å². The first kappa shape index (κ1) is 23.1. The third-order valence-electron chi connectivity index (χ3n) is 5.38. The number of likely N-dealkylation sites (N-methyl/N-ethyl adjacent to an activating group) is 1. The van der Waals surface area contributed by atoms with Gasteiger partial charge in [0.05, 0.1) is 23.2 Å². The van der Waals surface area contributed by atoms with Gasteiger partial charge < -0.3 is 16.0 Å². The maximum atomic E-state index is 12.9. The maximum Gasteiger partial charge on any atom is 0.258 e. The molecule has 0 fully saturated rings. The van der Waals surface area contributed by atoms with Crippen LogP contribution in [0.2, 0.25) is 0 Å². The van der Waals surface area contributed by atoms with Crippen molar-refractivity contribution >= 4 is 50.2 Å². The highest BCUT2D eigenvalue weighted by atomic mass is 32.2. The molecular weight excluding hydrogens is 452 g/mol. The highest BCUT2D eigenvalue weighted by Crippen LogP contribution is 2.37. The van der Waals surface area contributed by atoms with Crippen LogP contribution in [0, 0.1) is 0 Å². The van der Waals surface area contributed by atoms with E-state index in [2.05, 4.69) is 16.0 Å².